The number of ether oxygens (including phenoxy) is 1. The van der Waals surface area contributed by atoms with E-state index in [-0.39, 0.29) is 11.9 Å². The molecule has 22 heavy (non-hydrogen) atoms. The van der Waals surface area contributed by atoms with Crippen molar-refractivity contribution in [1.82, 2.24) is 25.1 Å². The number of hydrogen-bond acceptors (Lipinski definition) is 5. The zero-order valence-electron chi connectivity index (χ0n) is 12.7. The molecule has 0 saturated carbocycles. The average Bonchev–Trinajstić information content (AvgIpc) is 3.20. The number of hydrogen-bond donors (Lipinski definition) is 0. The summed E-state index contributed by atoms with van der Waals surface area (Å²) >= 11 is 0. The molecule has 1 saturated heterocycles. The average molecular weight is 305 g/mol. The molecule has 0 amide bonds. The zero-order chi connectivity index (χ0) is 15.4. The van der Waals surface area contributed by atoms with E-state index in [4.69, 9.17) is 4.74 Å². The molecule has 0 N–H and O–H groups in total. The smallest absolute Gasteiger partial charge is 0.173 e. The molecule has 0 radical (unpaired) electrons. The highest BCUT2D eigenvalue weighted by Gasteiger charge is 2.29. The first-order chi connectivity index (χ1) is 10.8. The lowest BCUT2D eigenvalue weighted by atomic mass is 10.0. The number of benzene rings is 1. The largest absolute Gasteiger partial charge is 0.383 e. The molecule has 1 aromatic heterocycles. The van der Waals surface area contributed by atoms with Crippen molar-refractivity contribution in [2.45, 2.75) is 25.4 Å². The predicted molar refractivity (Wildman–Crippen MR) is 78.7 cm³/mol. The van der Waals surface area contributed by atoms with E-state index in [1.54, 1.807) is 11.8 Å². The maximum Gasteiger partial charge on any atom is 0.173 e. The van der Waals surface area contributed by atoms with Crippen LogP contribution in [0.15, 0.2) is 24.3 Å². The van der Waals surface area contributed by atoms with Gasteiger partial charge in [0.05, 0.1) is 19.2 Å². The van der Waals surface area contributed by atoms with E-state index >= 15 is 0 Å². The summed E-state index contributed by atoms with van der Waals surface area (Å²) in [6, 6.07) is 6.56. The van der Waals surface area contributed by atoms with Gasteiger partial charge in [0.2, 0.25) is 0 Å². The third kappa shape index (κ3) is 3.15. The molecular weight excluding hydrogens is 285 g/mol. The van der Waals surface area contributed by atoms with Crippen molar-refractivity contribution in [3.63, 3.8) is 0 Å². The number of aromatic nitrogens is 4. The molecule has 1 aliphatic heterocycles. The second-order valence-corrected chi connectivity index (χ2v) is 5.45. The Morgan fingerprint density at radius 3 is 2.64 bits per heavy atom. The topological polar surface area (TPSA) is 56.1 Å². The van der Waals surface area contributed by atoms with Crippen molar-refractivity contribution in [3.05, 3.63) is 41.5 Å². The number of tetrazole rings is 1. The van der Waals surface area contributed by atoms with Crippen LogP contribution in [0.25, 0.3) is 0 Å². The van der Waals surface area contributed by atoms with Crippen molar-refractivity contribution < 1.29 is 9.13 Å². The highest BCUT2D eigenvalue weighted by Crippen LogP contribution is 2.30. The number of halogens is 1. The normalized spacial score (nSPS) is 17.0. The van der Waals surface area contributed by atoms with Crippen LogP contribution < -0.4 is 0 Å². The van der Waals surface area contributed by atoms with E-state index in [1.807, 2.05) is 12.1 Å². The van der Waals surface area contributed by atoms with Gasteiger partial charge in [-0.1, -0.05) is 12.1 Å². The third-order valence-electron chi connectivity index (χ3n) is 4.00. The van der Waals surface area contributed by atoms with E-state index in [0.717, 1.165) is 37.3 Å². The van der Waals surface area contributed by atoms with Gasteiger partial charge in [0.15, 0.2) is 5.82 Å². The Kier molecular flexibility index (Phi) is 4.74. The molecule has 3 rings (SSSR count). The fourth-order valence-corrected chi connectivity index (χ4v) is 2.91. The van der Waals surface area contributed by atoms with Gasteiger partial charge in [-0.3, -0.25) is 4.90 Å². The molecule has 0 bridgehead atoms. The second-order valence-electron chi connectivity index (χ2n) is 5.45. The highest BCUT2D eigenvalue weighted by atomic mass is 19.1. The Bertz CT molecular complexity index is 594. The van der Waals surface area contributed by atoms with Crippen molar-refractivity contribution in [2.75, 3.05) is 26.8 Å². The number of rotatable bonds is 6. The van der Waals surface area contributed by atoms with Crippen molar-refractivity contribution in [3.8, 4) is 0 Å². The summed E-state index contributed by atoms with van der Waals surface area (Å²) in [5.74, 6) is 0.549. The lowest BCUT2D eigenvalue weighted by molar-refractivity contribution is 0.178. The zero-order valence-corrected chi connectivity index (χ0v) is 12.7. The summed E-state index contributed by atoms with van der Waals surface area (Å²) in [4.78, 5) is 2.35. The van der Waals surface area contributed by atoms with Gasteiger partial charge in [-0.15, -0.1) is 5.10 Å². The van der Waals surface area contributed by atoms with Crippen molar-refractivity contribution >= 4 is 0 Å². The molecule has 0 unspecified atom stereocenters. The fourth-order valence-electron chi connectivity index (χ4n) is 2.91. The summed E-state index contributed by atoms with van der Waals surface area (Å²) in [6.07, 6.45) is 2.33. The first-order valence-electron chi connectivity index (χ1n) is 7.54. The van der Waals surface area contributed by atoms with Crippen LogP contribution in [-0.2, 0) is 11.3 Å². The number of likely N-dealkylation sites (tertiary alicyclic amines) is 1. The fraction of sp³-hybridized carbons (Fsp3) is 0.533. The molecule has 6 nitrogen and oxygen atoms in total. The van der Waals surface area contributed by atoms with Crippen LogP contribution in [0.3, 0.4) is 0 Å². The van der Waals surface area contributed by atoms with Gasteiger partial charge in [0.25, 0.3) is 0 Å². The molecule has 7 heteroatoms. The van der Waals surface area contributed by atoms with E-state index in [0.29, 0.717) is 13.2 Å². The molecular formula is C15H20FN5O. The van der Waals surface area contributed by atoms with Gasteiger partial charge in [0.1, 0.15) is 5.82 Å². The van der Waals surface area contributed by atoms with Gasteiger partial charge in [-0.25, -0.2) is 9.07 Å². The Morgan fingerprint density at radius 1 is 1.23 bits per heavy atom. The Labute approximate surface area is 128 Å². The lowest BCUT2D eigenvalue weighted by Gasteiger charge is -2.26. The maximum atomic E-state index is 13.2. The van der Waals surface area contributed by atoms with Gasteiger partial charge >= 0.3 is 0 Å². The first kappa shape index (κ1) is 15.1. The SMILES string of the molecule is COCCn1nnnc1[C@H](c1ccc(F)cc1)N1CCCC1. The third-order valence-corrected chi connectivity index (χ3v) is 4.00. The minimum absolute atomic E-state index is 0.0463. The monoisotopic (exact) mass is 305 g/mol. The predicted octanol–water partition coefficient (Wildman–Crippen LogP) is 1.64. The Balaban J connectivity index is 1.94. The number of nitrogens with zero attached hydrogens (tertiary/aromatic N) is 5. The standard InChI is InChI=1S/C15H20FN5O/c1-22-11-10-21-15(17-18-19-21)14(20-8-2-3-9-20)12-4-6-13(16)7-5-12/h4-7,14H,2-3,8-11H2,1H3/t14-/m0/s1. The molecule has 1 atom stereocenters. The molecule has 0 spiro atoms. The minimum Gasteiger partial charge on any atom is -0.383 e. The molecule has 2 heterocycles. The highest BCUT2D eigenvalue weighted by molar-refractivity contribution is 5.25. The van der Waals surface area contributed by atoms with E-state index < -0.39 is 0 Å². The molecule has 2 aromatic rings. The van der Waals surface area contributed by atoms with Crippen LogP contribution in [0.4, 0.5) is 4.39 Å². The Morgan fingerprint density at radius 2 is 1.95 bits per heavy atom. The summed E-state index contributed by atoms with van der Waals surface area (Å²) < 4.78 is 20.1. The number of methoxy groups -OCH3 is 1. The van der Waals surface area contributed by atoms with Crippen LogP contribution in [0, 0.1) is 5.82 Å². The molecule has 1 fully saturated rings. The van der Waals surface area contributed by atoms with Gasteiger partial charge in [0, 0.05) is 7.11 Å². The van der Waals surface area contributed by atoms with Crippen LogP contribution in [-0.4, -0.2) is 51.9 Å². The second kappa shape index (κ2) is 6.93. The van der Waals surface area contributed by atoms with Gasteiger partial charge < -0.3 is 4.74 Å². The first-order valence-corrected chi connectivity index (χ1v) is 7.54. The lowest BCUT2D eigenvalue weighted by Crippen LogP contribution is -2.29. The summed E-state index contributed by atoms with van der Waals surface area (Å²) in [5.41, 5.74) is 1.01. The van der Waals surface area contributed by atoms with Gasteiger partial charge in [-0.2, -0.15) is 0 Å². The van der Waals surface area contributed by atoms with Crippen LogP contribution in [0.5, 0.6) is 0 Å². The molecule has 1 aliphatic rings. The summed E-state index contributed by atoms with van der Waals surface area (Å²) in [5, 5.41) is 12.1. The van der Waals surface area contributed by atoms with Crippen molar-refractivity contribution in [1.29, 1.82) is 0 Å². The molecule has 0 aliphatic carbocycles. The Hall–Kier alpha value is -1.86. The van der Waals surface area contributed by atoms with Crippen molar-refractivity contribution in [2.24, 2.45) is 0 Å². The van der Waals surface area contributed by atoms with E-state index in [1.165, 1.54) is 12.1 Å². The van der Waals surface area contributed by atoms with E-state index in [2.05, 4.69) is 20.4 Å². The van der Waals surface area contributed by atoms with Gasteiger partial charge in [-0.05, 0) is 54.1 Å². The molecule has 1 aromatic carbocycles. The van der Waals surface area contributed by atoms with Crippen LogP contribution in [0.1, 0.15) is 30.3 Å². The molecule has 118 valence electrons. The van der Waals surface area contributed by atoms with E-state index in [9.17, 15) is 4.39 Å². The minimum atomic E-state index is -0.233. The maximum absolute atomic E-state index is 13.2. The van der Waals surface area contributed by atoms with Crippen LogP contribution in [0.2, 0.25) is 0 Å². The van der Waals surface area contributed by atoms with Crippen LogP contribution >= 0.6 is 0 Å². The quantitative estimate of drug-likeness (QED) is 0.812. The summed E-state index contributed by atoms with van der Waals surface area (Å²) in [6.45, 7) is 3.15. The summed E-state index contributed by atoms with van der Waals surface area (Å²) in [7, 11) is 1.65.